The molecule has 0 spiro atoms. The largest absolute Gasteiger partial charge is 0.368 e. The van der Waals surface area contributed by atoms with Gasteiger partial charge in [-0.05, 0) is 30.3 Å². The van der Waals surface area contributed by atoms with Crippen LogP contribution in [0.25, 0.3) is 22.1 Å². The third-order valence-corrected chi connectivity index (χ3v) is 7.15. The van der Waals surface area contributed by atoms with Crippen LogP contribution in [-0.2, 0) is 20.6 Å². The maximum atomic E-state index is 13.5. The normalized spacial score (nSPS) is 14.1. The number of nitrogens with one attached hydrogen (secondary N) is 3. The van der Waals surface area contributed by atoms with Crippen LogP contribution in [0.2, 0.25) is 5.02 Å². The van der Waals surface area contributed by atoms with E-state index in [0.717, 1.165) is 42.8 Å². The fourth-order valence-electron chi connectivity index (χ4n) is 4.81. The zero-order chi connectivity index (χ0) is 25.7. The van der Waals surface area contributed by atoms with E-state index in [1.165, 1.54) is 9.13 Å². The van der Waals surface area contributed by atoms with Gasteiger partial charge in [-0.1, -0.05) is 17.7 Å². The van der Waals surface area contributed by atoms with Gasteiger partial charge in [-0.3, -0.25) is 13.9 Å². The first kappa shape index (κ1) is 23.3. The lowest BCUT2D eigenvalue weighted by molar-refractivity contribution is 0.589. The molecule has 1 aliphatic heterocycles. The van der Waals surface area contributed by atoms with Gasteiger partial charge in [-0.2, -0.15) is 4.98 Å². The molecule has 37 heavy (non-hydrogen) atoms. The first-order valence-electron chi connectivity index (χ1n) is 12.0. The Kier molecular flexibility index (Phi) is 5.73. The van der Waals surface area contributed by atoms with Crippen molar-refractivity contribution in [2.24, 2.45) is 14.1 Å². The highest BCUT2D eigenvalue weighted by Crippen LogP contribution is 2.24. The number of imidazole rings is 1. The van der Waals surface area contributed by atoms with Gasteiger partial charge in [0.1, 0.15) is 5.82 Å². The molecule has 190 valence electrons. The zero-order valence-corrected chi connectivity index (χ0v) is 21.2. The Balaban J connectivity index is 1.34. The van der Waals surface area contributed by atoms with Crippen molar-refractivity contribution in [3.8, 4) is 0 Å². The van der Waals surface area contributed by atoms with Crippen LogP contribution >= 0.6 is 11.6 Å². The highest BCUT2D eigenvalue weighted by Gasteiger charge is 2.20. The molecule has 12 heteroatoms. The first-order valence-corrected chi connectivity index (χ1v) is 12.4. The summed E-state index contributed by atoms with van der Waals surface area (Å²) in [5, 5.41) is 7.97. The highest BCUT2D eigenvalue weighted by atomic mass is 35.5. The Morgan fingerprint density at radius 3 is 2.62 bits per heavy atom. The molecule has 6 rings (SSSR count). The lowest BCUT2D eigenvalue weighted by atomic mass is 10.2. The average molecular weight is 520 g/mol. The monoisotopic (exact) mass is 519 g/mol. The summed E-state index contributed by atoms with van der Waals surface area (Å²) in [5.74, 6) is 1.01. The van der Waals surface area contributed by atoms with Gasteiger partial charge in [0.2, 0.25) is 5.95 Å². The molecular weight excluding hydrogens is 494 g/mol. The van der Waals surface area contributed by atoms with Crippen molar-refractivity contribution < 1.29 is 0 Å². The van der Waals surface area contributed by atoms with Gasteiger partial charge < -0.3 is 25.1 Å². The minimum absolute atomic E-state index is 0.0788. The molecule has 1 aromatic carbocycles. The van der Waals surface area contributed by atoms with Crippen LogP contribution in [0.15, 0.2) is 52.2 Å². The van der Waals surface area contributed by atoms with Crippen molar-refractivity contribution >= 4 is 51.1 Å². The van der Waals surface area contributed by atoms with Crippen LogP contribution in [0, 0.1) is 0 Å². The van der Waals surface area contributed by atoms with Gasteiger partial charge in [-0.25, -0.2) is 9.78 Å². The maximum absolute atomic E-state index is 13.5. The van der Waals surface area contributed by atoms with Gasteiger partial charge in [0.25, 0.3) is 5.56 Å². The van der Waals surface area contributed by atoms with Crippen molar-refractivity contribution in [3.63, 3.8) is 0 Å². The van der Waals surface area contributed by atoms with E-state index in [1.54, 1.807) is 24.7 Å². The number of benzene rings is 1. The predicted octanol–water partition coefficient (Wildman–Crippen LogP) is 2.16. The summed E-state index contributed by atoms with van der Waals surface area (Å²) in [5.41, 5.74) is 2.34. The summed E-state index contributed by atoms with van der Waals surface area (Å²) < 4.78 is 4.24. The van der Waals surface area contributed by atoms with E-state index < -0.39 is 11.2 Å². The minimum atomic E-state index is -0.453. The molecule has 1 saturated heterocycles. The summed E-state index contributed by atoms with van der Waals surface area (Å²) in [7, 11) is 3.35. The molecule has 0 amide bonds. The number of nitrogens with zero attached hydrogens (tertiary/aromatic N) is 6. The minimum Gasteiger partial charge on any atom is -0.368 e. The number of halogens is 1. The summed E-state index contributed by atoms with van der Waals surface area (Å²) in [6.45, 7) is 3.85. The Hall–Kier alpha value is -4.09. The second kappa shape index (κ2) is 9.09. The molecule has 0 bridgehead atoms. The lowest BCUT2D eigenvalue weighted by Gasteiger charge is -2.29. The van der Waals surface area contributed by atoms with E-state index in [2.05, 4.69) is 30.5 Å². The molecule has 0 unspecified atom stereocenters. The number of piperazine rings is 1. The van der Waals surface area contributed by atoms with Crippen LogP contribution in [0.5, 0.6) is 0 Å². The Bertz CT molecular complexity index is 1740. The van der Waals surface area contributed by atoms with E-state index in [4.69, 9.17) is 11.6 Å². The molecule has 0 radical (unpaired) electrons. The smallest absolute Gasteiger partial charge is 0.332 e. The van der Waals surface area contributed by atoms with Crippen LogP contribution in [0.4, 0.5) is 17.5 Å². The number of anilines is 3. The second-order valence-electron chi connectivity index (χ2n) is 9.16. The molecule has 3 N–H and O–H groups in total. The number of rotatable bonds is 5. The van der Waals surface area contributed by atoms with E-state index in [1.807, 2.05) is 36.5 Å². The third kappa shape index (κ3) is 4.05. The number of fused-ring (bicyclic) bond motifs is 2. The maximum Gasteiger partial charge on any atom is 0.332 e. The molecule has 4 aromatic heterocycles. The van der Waals surface area contributed by atoms with Gasteiger partial charge in [-0.15, -0.1) is 0 Å². The van der Waals surface area contributed by atoms with Gasteiger partial charge in [0.05, 0.1) is 18.4 Å². The van der Waals surface area contributed by atoms with E-state index in [-0.39, 0.29) is 6.54 Å². The molecule has 1 aliphatic rings. The molecule has 5 aromatic rings. The third-order valence-electron chi connectivity index (χ3n) is 6.83. The molecule has 0 saturated carbocycles. The Labute approximate surface area is 216 Å². The molecule has 1 fully saturated rings. The standard InChI is InChI=1S/C25H26ClN9O2/c1-32-21-22(31-24(32)30-20-7-6-16(13-28-20)34-10-8-27-9-11-34)33(2)25(37)35(23(21)36)14-15-12-17-18(26)4-3-5-19(17)29-15/h3-7,12-13,27,29H,8-11,14H2,1-2H3,(H,28,30,31). The molecule has 5 heterocycles. The lowest BCUT2D eigenvalue weighted by Crippen LogP contribution is -2.43. The van der Waals surface area contributed by atoms with Crippen molar-refractivity contribution in [2.75, 3.05) is 36.4 Å². The van der Waals surface area contributed by atoms with Crippen molar-refractivity contribution in [1.82, 2.24) is 34.0 Å². The van der Waals surface area contributed by atoms with Gasteiger partial charge in [0.15, 0.2) is 11.2 Å². The molecule has 0 aliphatic carbocycles. The first-order chi connectivity index (χ1) is 17.9. The van der Waals surface area contributed by atoms with Crippen LogP contribution in [-0.4, -0.2) is 54.8 Å². The number of hydrogen-bond donors (Lipinski definition) is 3. The number of aromatic nitrogens is 6. The van der Waals surface area contributed by atoms with E-state index in [0.29, 0.717) is 33.6 Å². The molecule has 0 atom stereocenters. The second-order valence-corrected chi connectivity index (χ2v) is 9.57. The number of aromatic amines is 1. The topological polar surface area (TPSA) is 118 Å². The van der Waals surface area contributed by atoms with E-state index in [9.17, 15) is 9.59 Å². The summed E-state index contributed by atoms with van der Waals surface area (Å²) >= 11 is 6.29. The summed E-state index contributed by atoms with van der Waals surface area (Å²) in [4.78, 5) is 41.2. The van der Waals surface area contributed by atoms with Crippen LogP contribution in [0.1, 0.15) is 5.69 Å². The van der Waals surface area contributed by atoms with Crippen molar-refractivity contribution in [3.05, 3.63) is 74.1 Å². The number of H-pyrrole nitrogens is 1. The number of aryl methyl sites for hydroxylation is 2. The number of pyridine rings is 1. The van der Waals surface area contributed by atoms with Gasteiger partial charge in [0, 0.05) is 61.9 Å². The average Bonchev–Trinajstić information content (AvgIpc) is 3.48. The predicted molar refractivity (Wildman–Crippen MR) is 145 cm³/mol. The van der Waals surface area contributed by atoms with E-state index >= 15 is 0 Å². The quantitative estimate of drug-likeness (QED) is 0.326. The molecule has 11 nitrogen and oxygen atoms in total. The Morgan fingerprint density at radius 2 is 1.89 bits per heavy atom. The fraction of sp³-hybridized carbons (Fsp3) is 0.280. The Morgan fingerprint density at radius 1 is 1.08 bits per heavy atom. The number of hydrogen-bond acceptors (Lipinski definition) is 7. The fourth-order valence-corrected chi connectivity index (χ4v) is 5.04. The molecular formula is C25H26ClN9O2. The van der Waals surface area contributed by atoms with Crippen molar-refractivity contribution in [2.45, 2.75) is 6.54 Å². The highest BCUT2D eigenvalue weighted by molar-refractivity contribution is 6.35. The van der Waals surface area contributed by atoms with Crippen molar-refractivity contribution in [1.29, 1.82) is 0 Å². The van der Waals surface area contributed by atoms with Crippen LogP contribution < -0.4 is 26.8 Å². The SMILES string of the molecule is Cn1c(Nc2ccc(N3CCNCC3)cn2)nc2c1c(=O)n(Cc1cc3c(Cl)cccc3[nH]1)c(=O)n2C. The van der Waals surface area contributed by atoms with Crippen LogP contribution in [0.3, 0.4) is 0 Å². The summed E-state index contributed by atoms with van der Waals surface area (Å²) in [6.07, 6.45) is 1.83. The zero-order valence-electron chi connectivity index (χ0n) is 20.5. The summed E-state index contributed by atoms with van der Waals surface area (Å²) in [6, 6.07) is 11.3. The van der Waals surface area contributed by atoms with Gasteiger partial charge >= 0.3 is 5.69 Å².